The smallest absolute Gasteiger partial charge is 0.321 e. The Bertz CT molecular complexity index is 620. The summed E-state index contributed by atoms with van der Waals surface area (Å²) in [5.41, 5.74) is 1.04. The van der Waals surface area contributed by atoms with Crippen molar-refractivity contribution in [3.05, 3.63) is 65.7 Å². The fraction of sp³-hybridized carbons (Fsp3) is 0.0714. The molecule has 0 radical (unpaired) electrons. The maximum atomic E-state index is 12.1. The van der Waals surface area contributed by atoms with Crippen LogP contribution in [0.25, 0.3) is 0 Å². The third-order valence-electron chi connectivity index (χ3n) is 2.74. The summed E-state index contributed by atoms with van der Waals surface area (Å²) in [6, 6.07) is 14.8. The molecule has 1 N–H and O–H groups in total. The third kappa shape index (κ3) is 2.99. The highest BCUT2D eigenvalue weighted by Crippen LogP contribution is 2.39. The van der Waals surface area contributed by atoms with Gasteiger partial charge in [0.15, 0.2) is 5.78 Å². The van der Waals surface area contributed by atoms with Crippen LogP contribution in [-0.4, -0.2) is 17.8 Å². The minimum absolute atomic E-state index is 0.127. The Labute approximate surface area is 111 Å². The molecule has 0 aromatic heterocycles. The Kier molecular flexibility index (Phi) is 3.96. The van der Waals surface area contributed by atoms with E-state index >= 15 is 0 Å². The Morgan fingerprint density at radius 2 is 1.53 bits per heavy atom. The molecule has 98 valence electrons. The van der Waals surface area contributed by atoms with Gasteiger partial charge < -0.3 is 9.42 Å². The van der Waals surface area contributed by atoms with Crippen molar-refractivity contribution in [2.45, 2.75) is 0 Å². The van der Waals surface area contributed by atoms with Crippen LogP contribution in [0.5, 0.6) is 0 Å². The highest BCUT2D eigenvalue weighted by Gasteiger charge is 2.20. The quantitative estimate of drug-likeness (QED) is 0.688. The molecule has 2 rings (SSSR count). The summed E-state index contributed by atoms with van der Waals surface area (Å²) in [7, 11) is -2.59. The van der Waals surface area contributed by atoms with Gasteiger partial charge in [-0.05, 0) is 12.1 Å². The topological polar surface area (TPSA) is 63.6 Å². The summed E-state index contributed by atoms with van der Waals surface area (Å²) in [5.74, 6) is -0.127. The molecule has 2 aromatic rings. The number of hydrogen-bond donors (Lipinski definition) is 1. The van der Waals surface area contributed by atoms with E-state index in [-0.39, 0.29) is 11.1 Å². The van der Waals surface area contributed by atoms with Crippen LogP contribution >= 0.6 is 7.60 Å². The van der Waals surface area contributed by atoms with Crippen LogP contribution in [0, 0.1) is 0 Å². The summed E-state index contributed by atoms with van der Waals surface area (Å²) in [4.78, 5) is 21.6. The number of ketones is 1. The number of carbonyl (C=O) groups excluding carboxylic acids is 1. The van der Waals surface area contributed by atoms with Gasteiger partial charge in [0.2, 0.25) is 0 Å². The van der Waals surface area contributed by atoms with Crippen LogP contribution in [0.1, 0.15) is 15.9 Å². The molecule has 0 spiro atoms. The zero-order chi connectivity index (χ0) is 13.9. The van der Waals surface area contributed by atoms with Gasteiger partial charge in [0, 0.05) is 18.2 Å². The van der Waals surface area contributed by atoms with Crippen molar-refractivity contribution in [2.24, 2.45) is 0 Å². The highest BCUT2D eigenvalue weighted by atomic mass is 31.2. The largest absolute Gasteiger partial charge is 0.358 e. The van der Waals surface area contributed by atoms with Crippen LogP contribution in [0.15, 0.2) is 54.6 Å². The Morgan fingerprint density at radius 3 is 2.05 bits per heavy atom. The second kappa shape index (κ2) is 5.49. The molecule has 1 unspecified atom stereocenters. The van der Waals surface area contributed by atoms with E-state index in [1.807, 2.05) is 6.07 Å². The van der Waals surface area contributed by atoms with Crippen LogP contribution in [-0.2, 0) is 9.09 Å². The van der Waals surface area contributed by atoms with Gasteiger partial charge in [-0.3, -0.25) is 9.36 Å². The lowest BCUT2D eigenvalue weighted by atomic mass is 10.0. The summed E-state index contributed by atoms with van der Waals surface area (Å²) in [6.45, 7) is 0. The molecule has 0 heterocycles. The van der Waals surface area contributed by atoms with Gasteiger partial charge in [0.1, 0.15) is 0 Å². The monoisotopic (exact) mass is 276 g/mol. The van der Waals surface area contributed by atoms with Crippen molar-refractivity contribution >= 4 is 18.7 Å². The molecule has 0 saturated heterocycles. The van der Waals surface area contributed by atoms with Gasteiger partial charge in [0.05, 0.1) is 5.30 Å². The van der Waals surface area contributed by atoms with Gasteiger partial charge in [-0.1, -0.05) is 42.5 Å². The molecule has 5 heteroatoms. The summed E-state index contributed by atoms with van der Waals surface area (Å²) in [5, 5.41) is 0.166. The van der Waals surface area contributed by atoms with Gasteiger partial charge in [-0.25, -0.2) is 0 Å². The number of carbonyl (C=O) groups is 1. The van der Waals surface area contributed by atoms with E-state index in [2.05, 4.69) is 4.52 Å². The number of rotatable bonds is 4. The van der Waals surface area contributed by atoms with Gasteiger partial charge in [0.25, 0.3) is 0 Å². The van der Waals surface area contributed by atoms with Gasteiger partial charge in [-0.15, -0.1) is 0 Å². The van der Waals surface area contributed by atoms with E-state index < -0.39 is 7.60 Å². The SMILES string of the molecule is COP(=O)(O)c1ccc(C(=O)c2ccccc2)cc1. The highest BCUT2D eigenvalue weighted by molar-refractivity contribution is 7.61. The molecule has 2 aromatic carbocycles. The van der Waals surface area contributed by atoms with Crippen molar-refractivity contribution < 1.29 is 18.8 Å². The summed E-state index contributed by atoms with van der Waals surface area (Å²) < 4.78 is 16.1. The summed E-state index contributed by atoms with van der Waals surface area (Å²) >= 11 is 0. The molecule has 0 aliphatic heterocycles. The van der Waals surface area contributed by atoms with Crippen LogP contribution in [0.4, 0.5) is 0 Å². The average Bonchev–Trinajstić information content (AvgIpc) is 2.47. The first-order valence-electron chi connectivity index (χ1n) is 5.63. The minimum atomic E-state index is -3.76. The maximum Gasteiger partial charge on any atom is 0.358 e. The standard InChI is InChI=1S/C14H13O4P/c1-18-19(16,17)13-9-7-12(8-10-13)14(15)11-5-3-2-4-6-11/h2-10H,1H3,(H,16,17). The predicted octanol–water partition coefficient (Wildman–Crippen LogP) is 2.37. The van der Waals surface area contributed by atoms with E-state index in [0.29, 0.717) is 11.1 Å². The number of benzene rings is 2. The first-order chi connectivity index (χ1) is 9.04. The Balaban J connectivity index is 2.29. The second-order valence-electron chi connectivity index (χ2n) is 3.95. The van der Waals surface area contributed by atoms with E-state index in [9.17, 15) is 14.3 Å². The van der Waals surface area contributed by atoms with E-state index in [4.69, 9.17) is 0 Å². The van der Waals surface area contributed by atoms with Crippen molar-refractivity contribution in [1.29, 1.82) is 0 Å². The van der Waals surface area contributed by atoms with E-state index in [0.717, 1.165) is 0 Å². The second-order valence-corrected chi connectivity index (χ2v) is 5.87. The molecule has 0 fully saturated rings. The molecule has 0 bridgehead atoms. The number of hydrogen-bond acceptors (Lipinski definition) is 3. The van der Waals surface area contributed by atoms with Crippen LogP contribution < -0.4 is 5.30 Å². The Morgan fingerprint density at radius 1 is 1.00 bits per heavy atom. The lowest BCUT2D eigenvalue weighted by Crippen LogP contribution is -2.08. The third-order valence-corrected chi connectivity index (χ3v) is 4.18. The molecule has 0 aliphatic carbocycles. The molecule has 19 heavy (non-hydrogen) atoms. The lowest BCUT2D eigenvalue weighted by Gasteiger charge is -2.09. The van der Waals surface area contributed by atoms with Crippen LogP contribution in [0.2, 0.25) is 0 Å². The molecular formula is C14H13O4P. The normalized spacial score (nSPS) is 13.8. The average molecular weight is 276 g/mol. The van der Waals surface area contributed by atoms with Gasteiger partial charge in [-0.2, -0.15) is 0 Å². The van der Waals surface area contributed by atoms with Crippen molar-refractivity contribution in [3.8, 4) is 0 Å². The molecule has 0 aliphatic rings. The fourth-order valence-corrected chi connectivity index (χ4v) is 2.40. The molecule has 4 nitrogen and oxygen atoms in total. The maximum absolute atomic E-state index is 12.1. The molecule has 1 atom stereocenters. The first-order valence-corrected chi connectivity index (χ1v) is 7.21. The zero-order valence-electron chi connectivity index (χ0n) is 10.3. The minimum Gasteiger partial charge on any atom is -0.321 e. The molecule has 0 amide bonds. The molecular weight excluding hydrogens is 263 g/mol. The first kappa shape index (κ1) is 13.7. The molecule has 0 saturated carbocycles. The van der Waals surface area contributed by atoms with E-state index in [1.54, 1.807) is 24.3 Å². The Hall–Kier alpha value is -1.74. The van der Waals surface area contributed by atoms with Gasteiger partial charge >= 0.3 is 7.60 Å². The van der Waals surface area contributed by atoms with Crippen molar-refractivity contribution in [1.82, 2.24) is 0 Å². The predicted molar refractivity (Wildman–Crippen MR) is 72.8 cm³/mol. The zero-order valence-corrected chi connectivity index (χ0v) is 11.2. The van der Waals surface area contributed by atoms with Crippen LogP contribution in [0.3, 0.4) is 0 Å². The van der Waals surface area contributed by atoms with Crippen molar-refractivity contribution in [2.75, 3.05) is 7.11 Å². The fourth-order valence-electron chi connectivity index (χ4n) is 1.66. The van der Waals surface area contributed by atoms with Crippen molar-refractivity contribution in [3.63, 3.8) is 0 Å². The summed E-state index contributed by atoms with van der Waals surface area (Å²) in [6.07, 6.45) is 0. The lowest BCUT2D eigenvalue weighted by molar-refractivity contribution is 0.103. The van der Waals surface area contributed by atoms with E-state index in [1.165, 1.54) is 31.4 Å².